The summed E-state index contributed by atoms with van der Waals surface area (Å²) in [5, 5.41) is 28.1. The van der Waals surface area contributed by atoms with Crippen LogP contribution >= 0.6 is 0 Å². The van der Waals surface area contributed by atoms with Crippen molar-refractivity contribution in [1.82, 2.24) is 15.0 Å². The molecule has 0 aliphatic carbocycles. The highest BCUT2D eigenvalue weighted by Gasteiger charge is 2.31. The molecule has 0 aliphatic rings. The van der Waals surface area contributed by atoms with E-state index in [4.69, 9.17) is 0 Å². The first kappa shape index (κ1) is 20.0. The molecular formula is C22H27N3O3. The monoisotopic (exact) mass is 381 g/mol. The number of hydrogen-bond donors (Lipinski definition) is 2. The van der Waals surface area contributed by atoms with Crippen LogP contribution in [-0.2, 0) is 17.9 Å². The number of benzene rings is 2. The molecule has 2 unspecified atom stereocenters. The number of fused-ring (bicyclic) bond motifs is 1. The SMILES string of the molecule is CCC(C(=O)O)C(c1ccc(C)c(CO)c1)c1ccc2c(nnn2CC)c1C. The van der Waals surface area contributed by atoms with E-state index in [1.54, 1.807) is 0 Å². The second kappa shape index (κ2) is 8.10. The molecular weight excluding hydrogens is 354 g/mol. The Morgan fingerprint density at radius 3 is 2.54 bits per heavy atom. The summed E-state index contributed by atoms with van der Waals surface area (Å²) < 4.78 is 1.84. The van der Waals surface area contributed by atoms with E-state index in [1.165, 1.54) is 0 Å². The van der Waals surface area contributed by atoms with Crippen molar-refractivity contribution < 1.29 is 15.0 Å². The number of aliphatic hydroxyl groups is 1. The first-order valence-corrected chi connectivity index (χ1v) is 9.68. The number of carboxylic acid groups (broad SMARTS) is 1. The largest absolute Gasteiger partial charge is 0.481 e. The highest BCUT2D eigenvalue weighted by Crippen LogP contribution is 2.38. The van der Waals surface area contributed by atoms with Crippen LogP contribution in [0.15, 0.2) is 30.3 Å². The van der Waals surface area contributed by atoms with Gasteiger partial charge in [-0.05, 0) is 61.1 Å². The van der Waals surface area contributed by atoms with Gasteiger partial charge in [-0.3, -0.25) is 4.79 Å². The van der Waals surface area contributed by atoms with Gasteiger partial charge in [0, 0.05) is 12.5 Å². The summed E-state index contributed by atoms with van der Waals surface area (Å²) in [4.78, 5) is 12.1. The van der Waals surface area contributed by atoms with Crippen LogP contribution in [0, 0.1) is 19.8 Å². The fourth-order valence-corrected chi connectivity index (χ4v) is 3.99. The first-order valence-electron chi connectivity index (χ1n) is 9.68. The Hall–Kier alpha value is -2.73. The number of aryl methyl sites for hydroxylation is 3. The molecule has 2 aromatic carbocycles. The second-order valence-electron chi connectivity index (χ2n) is 7.23. The Morgan fingerprint density at radius 1 is 1.18 bits per heavy atom. The van der Waals surface area contributed by atoms with Gasteiger partial charge < -0.3 is 10.2 Å². The summed E-state index contributed by atoms with van der Waals surface area (Å²) in [5.74, 6) is -1.73. The van der Waals surface area contributed by atoms with Crippen molar-refractivity contribution in [3.8, 4) is 0 Å². The van der Waals surface area contributed by atoms with Crippen molar-refractivity contribution in [2.75, 3.05) is 0 Å². The lowest BCUT2D eigenvalue weighted by Crippen LogP contribution is -2.23. The fourth-order valence-electron chi connectivity index (χ4n) is 3.99. The average molecular weight is 381 g/mol. The molecule has 3 aromatic rings. The minimum atomic E-state index is -0.824. The lowest BCUT2D eigenvalue weighted by atomic mass is 9.77. The van der Waals surface area contributed by atoms with E-state index in [0.29, 0.717) is 6.42 Å². The molecule has 0 radical (unpaired) electrons. The summed E-state index contributed by atoms with van der Waals surface area (Å²) in [6.07, 6.45) is 0.501. The van der Waals surface area contributed by atoms with Crippen molar-refractivity contribution >= 4 is 17.0 Å². The molecule has 28 heavy (non-hydrogen) atoms. The Morgan fingerprint density at radius 2 is 1.93 bits per heavy atom. The summed E-state index contributed by atoms with van der Waals surface area (Å²) >= 11 is 0. The molecule has 2 N–H and O–H groups in total. The van der Waals surface area contributed by atoms with Gasteiger partial charge in [-0.25, -0.2) is 4.68 Å². The lowest BCUT2D eigenvalue weighted by molar-refractivity contribution is -0.142. The number of carbonyl (C=O) groups is 1. The van der Waals surface area contributed by atoms with Gasteiger partial charge in [-0.15, -0.1) is 5.10 Å². The van der Waals surface area contributed by atoms with E-state index in [9.17, 15) is 15.0 Å². The van der Waals surface area contributed by atoms with Gasteiger partial charge in [0.25, 0.3) is 0 Å². The van der Waals surface area contributed by atoms with Gasteiger partial charge in [0.15, 0.2) is 0 Å². The number of aromatic nitrogens is 3. The number of rotatable bonds is 7. The summed E-state index contributed by atoms with van der Waals surface area (Å²) in [6.45, 7) is 8.49. The van der Waals surface area contributed by atoms with Crippen molar-refractivity contribution in [3.63, 3.8) is 0 Å². The normalized spacial score (nSPS) is 13.6. The second-order valence-corrected chi connectivity index (χ2v) is 7.23. The van der Waals surface area contributed by atoms with Gasteiger partial charge in [0.2, 0.25) is 0 Å². The van der Waals surface area contributed by atoms with Crippen LogP contribution in [0.3, 0.4) is 0 Å². The maximum atomic E-state index is 12.1. The molecule has 0 fully saturated rings. The van der Waals surface area contributed by atoms with Crippen LogP contribution in [0.1, 0.15) is 54.0 Å². The van der Waals surface area contributed by atoms with Crippen LogP contribution < -0.4 is 0 Å². The number of nitrogens with zero attached hydrogens (tertiary/aromatic N) is 3. The van der Waals surface area contributed by atoms with Crippen LogP contribution in [0.4, 0.5) is 0 Å². The Bertz CT molecular complexity index is 1010. The van der Waals surface area contributed by atoms with E-state index in [1.807, 2.05) is 62.7 Å². The minimum Gasteiger partial charge on any atom is -0.481 e. The predicted octanol–water partition coefficient (Wildman–Crippen LogP) is 3.80. The van der Waals surface area contributed by atoms with Crippen molar-refractivity contribution in [2.24, 2.45) is 5.92 Å². The molecule has 1 aromatic heterocycles. The number of carboxylic acids is 1. The van der Waals surface area contributed by atoms with Crippen molar-refractivity contribution in [3.05, 3.63) is 58.1 Å². The fraction of sp³-hybridized carbons (Fsp3) is 0.409. The molecule has 0 aliphatic heterocycles. The van der Waals surface area contributed by atoms with Crippen LogP contribution in [-0.4, -0.2) is 31.2 Å². The molecule has 6 nitrogen and oxygen atoms in total. The molecule has 2 atom stereocenters. The third kappa shape index (κ3) is 3.40. The summed E-state index contributed by atoms with van der Waals surface area (Å²) in [7, 11) is 0. The lowest BCUT2D eigenvalue weighted by Gasteiger charge is -2.26. The van der Waals surface area contributed by atoms with E-state index in [-0.39, 0.29) is 12.5 Å². The molecule has 0 amide bonds. The molecule has 6 heteroatoms. The maximum Gasteiger partial charge on any atom is 0.307 e. The van der Waals surface area contributed by atoms with Crippen molar-refractivity contribution in [2.45, 2.75) is 53.2 Å². The van der Waals surface area contributed by atoms with Gasteiger partial charge in [-0.1, -0.05) is 36.4 Å². The Kier molecular flexibility index (Phi) is 5.79. The van der Waals surface area contributed by atoms with E-state index in [2.05, 4.69) is 10.3 Å². The first-order chi connectivity index (χ1) is 13.4. The molecule has 0 bridgehead atoms. The maximum absolute atomic E-state index is 12.1. The average Bonchev–Trinajstić information content (AvgIpc) is 3.11. The zero-order valence-corrected chi connectivity index (χ0v) is 16.8. The topological polar surface area (TPSA) is 88.2 Å². The van der Waals surface area contributed by atoms with Gasteiger partial charge in [0.1, 0.15) is 5.52 Å². The quantitative estimate of drug-likeness (QED) is 0.650. The zero-order valence-electron chi connectivity index (χ0n) is 16.8. The predicted molar refractivity (Wildman–Crippen MR) is 108 cm³/mol. The third-order valence-corrected chi connectivity index (χ3v) is 5.68. The highest BCUT2D eigenvalue weighted by atomic mass is 16.4. The summed E-state index contributed by atoms with van der Waals surface area (Å²) in [6, 6.07) is 9.82. The third-order valence-electron chi connectivity index (χ3n) is 5.68. The minimum absolute atomic E-state index is 0.0703. The zero-order chi connectivity index (χ0) is 20.4. The molecule has 0 saturated heterocycles. The van der Waals surface area contributed by atoms with Crippen LogP contribution in [0.5, 0.6) is 0 Å². The Labute approximate surface area is 164 Å². The van der Waals surface area contributed by atoms with Crippen molar-refractivity contribution in [1.29, 1.82) is 0 Å². The molecule has 0 spiro atoms. The van der Waals surface area contributed by atoms with Gasteiger partial charge >= 0.3 is 5.97 Å². The van der Waals surface area contributed by atoms with E-state index < -0.39 is 11.9 Å². The van der Waals surface area contributed by atoms with E-state index >= 15 is 0 Å². The number of aliphatic hydroxyl groups excluding tert-OH is 1. The number of aliphatic carboxylic acids is 1. The van der Waals surface area contributed by atoms with Crippen LogP contribution in [0.25, 0.3) is 11.0 Å². The molecule has 148 valence electrons. The molecule has 0 saturated carbocycles. The molecule has 3 rings (SSSR count). The van der Waals surface area contributed by atoms with Gasteiger partial charge in [-0.2, -0.15) is 0 Å². The smallest absolute Gasteiger partial charge is 0.307 e. The highest BCUT2D eigenvalue weighted by molar-refractivity contribution is 5.81. The van der Waals surface area contributed by atoms with Gasteiger partial charge in [0.05, 0.1) is 18.0 Å². The standard InChI is InChI=1S/C22H27N3O3/c1-5-17(22(27)28)20(15-8-7-13(3)16(11-15)12-26)18-9-10-19-21(14(18)4)23-24-25(19)6-2/h7-11,17,20,26H,5-6,12H2,1-4H3,(H,27,28). The number of hydrogen-bond acceptors (Lipinski definition) is 4. The molecule has 1 heterocycles. The van der Waals surface area contributed by atoms with Crippen LogP contribution in [0.2, 0.25) is 0 Å². The van der Waals surface area contributed by atoms with E-state index in [0.717, 1.165) is 45.4 Å². The summed E-state index contributed by atoms with van der Waals surface area (Å²) in [5.41, 5.74) is 6.36. The Balaban J connectivity index is 2.24.